The number of H-pyrrole nitrogens is 1. The molecule has 9 heteroatoms. The van der Waals surface area contributed by atoms with Gasteiger partial charge in [-0.05, 0) is 63.8 Å². The Morgan fingerprint density at radius 2 is 2.12 bits per heavy atom. The number of nitrogens with zero attached hydrogens (tertiary/aromatic N) is 2. The number of fused-ring (bicyclic) bond motifs is 2. The van der Waals surface area contributed by atoms with Crippen molar-refractivity contribution in [2.75, 3.05) is 19.0 Å². The number of carbonyl (C=O) groups is 2. The molecule has 180 valence electrons. The molecule has 4 rings (SSSR count). The number of carbonyl (C=O) groups excluding carboxylic acids is 2. The fourth-order valence-corrected chi connectivity index (χ4v) is 5.66. The van der Waals surface area contributed by atoms with Crippen LogP contribution >= 0.6 is 11.3 Å². The summed E-state index contributed by atoms with van der Waals surface area (Å²) in [6.45, 7) is 6.34. The van der Waals surface area contributed by atoms with Crippen molar-refractivity contribution in [3.8, 4) is 0 Å². The fourth-order valence-electron chi connectivity index (χ4n) is 4.26. The average Bonchev–Trinajstić information content (AvgIpc) is 3.15. The molecule has 2 atom stereocenters. The highest BCUT2D eigenvalue weighted by molar-refractivity contribution is 7.17. The molecule has 1 aliphatic rings. The number of para-hydroxylation sites is 1. The second-order valence-corrected chi connectivity index (χ2v) is 9.99. The first-order valence-electron chi connectivity index (χ1n) is 11.6. The summed E-state index contributed by atoms with van der Waals surface area (Å²) in [4.78, 5) is 48.5. The summed E-state index contributed by atoms with van der Waals surface area (Å²) in [5.74, 6) is 0.414. The lowest BCUT2D eigenvalue weighted by Crippen LogP contribution is -2.39. The van der Waals surface area contributed by atoms with Crippen LogP contribution in [-0.4, -0.2) is 46.4 Å². The first-order chi connectivity index (χ1) is 16.3. The Balaban J connectivity index is 1.52. The zero-order valence-electron chi connectivity index (χ0n) is 19.9. The minimum absolute atomic E-state index is 0.205. The summed E-state index contributed by atoms with van der Waals surface area (Å²) in [6, 6.07) is 6.63. The molecule has 34 heavy (non-hydrogen) atoms. The molecule has 0 spiro atoms. The molecule has 0 aliphatic heterocycles. The third kappa shape index (κ3) is 4.90. The summed E-state index contributed by atoms with van der Waals surface area (Å²) in [7, 11) is 1.80. The van der Waals surface area contributed by atoms with E-state index >= 15 is 0 Å². The molecule has 0 fully saturated rings. The number of benzene rings is 1. The predicted octanol–water partition coefficient (Wildman–Crippen LogP) is 3.75. The van der Waals surface area contributed by atoms with Crippen molar-refractivity contribution in [3.05, 3.63) is 56.4 Å². The number of thiophene rings is 1. The summed E-state index contributed by atoms with van der Waals surface area (Å²) in [5, 5.41) is 4.06. The van der Waals surface area contributed by atoms with Crippen molar-refractivity contribution in [2.24, 2.45) is 5.92 Å². The quantitative estimate of drug-likeness (QED) is 0.497. The molecule has 1 amide bonds. The number of amides is 1. The highest BCUT2D eigenvalue weighted by Gasteiger charge is 2.30. The topological polar surface area (TPSA) is 104 Å². The van der Waals surface area contributed by atoms with Gasteiger partial charge in [-0.2, -0.15) is 0 Å². The number of rotatable bonds is 7. The van der Waals surface area contributed by atoms with E-state index in [1.54, 1.807) is 39.1 Å². The Bertz CT molecular complexity index is 1280. The van der Waals surface area contributed by atoms with Crippen LogP contribution in [0.3, 0.4) is 0 Å². The van der Waals surface area contributed by atoms with E-state index in [1.807, 2.05) is 11.0 Å². The largest absolute Gasteiger partial charge is 0.462 e. The van der Waals surface area contributed by atoms with Gasteiger partial charge in [0.05, 0.1) is 35.7 Å². The van der Waals surface area contributed by atoms with Gasteiger partial charge >= 0.3 is 5.97 Å². The molecule has 2 aromatic heterocycles. The van der Waals surface area contributed by atoms with Gasteiger partial charge in [0, 0.05) is 4.88 Å². The second-order valence-electron chi connectivity index (χ2n) is 8.89. The zero-order valence-corrected chi connectivity index (χ0v) is 20.8. The molecule has 8 nitrogen and oxygen atoms in total. The summed E-state index contributed by atoms with van der Waals surface area (Å²) in [5.41, 5.74) is 1.92. The van der Waals surface area contributed by atoms with Crippen LogP contribution < -0.4 is 10.9 Å². The molecular weight excluding hydrogens is 452 g/mol. The van der Waals surface area contributed by atoms with E-state index in [4.69, 9.17) is 4.74 Å². The normalized spacial score (nSPS) is 16.3. The Hall–Kier alpha value is -3.04. The van der Waals surface area contributed by atoms with Crippen molar-refractivity contribution in [1.29, 1.82) is 0 Å². The Morgan fingerprint density at radius 3 is 2.88 bits per heavy atom. The molecule has 1 aliphatic carbocycles. The lowest BCUT2D eigenvalue weighted by molar-refractivity contribution is -0.120. The highest BCUT2D eigenvalue weighted by Crippen LogP contribution is 2.40. The van der Waals surface area contributed by atoms with Crippen LogP contribution in [0.5, 0.6) is 0 Å². The summed E-state index contributed by atoms with van der Waals surface area (Å²) in [6.07, 6.45) is 2.73. The van der Waals surface area contributed by atoms with E-state index in [0.717, 1.165) is 29.7 Å². The number of aromatic amines is 1. The standard InChI is InChI=1S/C25H30N4O4S/c1-5-33-25(32)21-17-11-10-14(2)12-19(17)34-24(21)28-22(30)15(3)29(4)13-20-26-18-9-7-6-8-16(18)23(31)27-20/h6-9,14-15H,5,10-13H2,1-4H3,(H,28,30)(H,26,27,31). The van der Waals surface area contributed by atoms with Crippen LogP contribution in [-0.2, 0) is 28.9 Å². The molecule has 0 saturated carbocycles. The maximum absolute atomic E-state index is 13.1. The smallest absolute Gasteiger partial charge is 0.341 e. The first-order valence-corrected chi connectivity index (χ1v) is 12.4. The number of anilines is 1. The third-order valence-electron chi connectivity index (χ3n) is 6.33. The van der Waals surface area contributed by atoms with Gasteiger partial charge in [0.2, 0.25) is 5.91 Å². The number of hydrogen-bond donors (Lipinski definition) is 2. The summed E-state index contributed by atoms with van der Waals surface area (Å²) >= 11 is 1.47. The van der Waals surface area contributed by atoms with Gasteiger partial charge in [-0.25, -0.2) is 9.78 Å². The Kier molecular flexibility index (Phi) is 7.13. The van der Waals surface area contributed by atoms with Gasteiger partial charge in [0.1, 0.15) is 10.8 Å². The Morgan fingerprint density at radius 1 is 1.35 bits per heavy atom. The Labute approximate surface area is 202 Å². The number of nitrogens with one attached hydrogen (secondary N) is 2. The van der Waals surface area contributed by atoms with Crippen LogP contribution in [0.15, 0.2) is 29.1 Å². The van der Waals surface area contributed by atoms with Crippen molar-refractivity contribution >= 4 is 39.1 Å². The molecule has 1 aromatic carbocycles. The first kappa shape index (κ1) is 24.1. The van der Waals surface area contributed by atoms with Gasteiger partial charge < -0.3 is 15.0 Å². The van der Waals surface area contributed by atoms with Crippen LogP contribution in [0.2, 0.25) is 0 Å². The molecule has 0 bridgehead atoms. The average molecular weight is 483 g/mol. The molecule has 0 radical (unpaired) electrons. The van der Waals surface area contributed by atoms with Gasteiger partial charge in [0.15, 0.2) is 0 Å². The molecule has 2 unspecified atom stereocenters. The number of esters is 1. The molecule has 3 aromatic rings. The highest BCUT2D eigenvalue weighted by atomic mass is 32.1. The molecule has 2 N–H and O–H groups in total. The van der Waals surface area contributed by atoms with Crippen molar-refractivity contribution < 1.29 is 14.3 Å². The van der Waals surface area contributed by atoms with Crippen LogP contribution in [0.4, 0.5) is 5.00 Å². The molecule has 0 saturated heterocycles. The summed E-state index contributed by atoms with van der Waals surface area (Å²) < 4.78 is 5.30. The SMILES string of the molecule is CCOC(=O)c1c(NC(=O)C(C)N(C)Cc2nc3ccccc3c(=O)[nH]2)sc2c1CCC(C)C2. The van der Waals surface area contributed by atoms with E-state index < -0.39 is 6.04 Å². The second kappa shape index (κ2) is 10.1. The minimum Gasteiger partial charge on any atom is -0.462 e. The fraction of sp³-hybridized carbons (Fsp3) is 0.440. The van der Waals surface area contributed by atoms with E-state index in [0.29, 0.717) is 33.2 Å². The van der Waals surface area contributed by atoms with Crippen molar-refractivity contribution in [3.63, 3.8) is 0 Å². The van der Waals surface area contributed by atoms with Gasteiger partial charge in [-0.1, -0.05) is 19.1 Å². The third-order valence-corrected chi connectivity index (χ3v) is 7.50. The number of ether oxygens (including phenoxy) is 1. The van der Waals surface area contributed by atoms with Crippen molar-refractivity contribution in [1.82, 2.24) is 14.9 Å². The van der Waals surface area contributed by atoms with E-state index in [-0.39, 0.29) is 30.6 Å². The zero-order chi connectivity index (χ0) is 24.4. The van der Waals surface area contributed by atoms with Gasteiger partial charge in [-0.15, -0.1) is 11.3 Å². The maximum atomic E-state index is 13.1. The maximum Gasteiger partial charge on any atom is 0.341 e. The molecular formula is C25H30N4O4S. The number of hydrogen-bond acceptors (Lipinski definition) is 7. The minimum atomic E-state index is -0.523. The van der Waals surface area contributed by atoms with Gasteiger partial charge in [0.25, 0.3) is 5.56 Å². The van der Waals surface area contributed by atoms with E-state index in [9.17, 15) is 14.4 Å². The number of likely N-dealkylation sites (N-methyl/N-ethyl adjacent to an activating group) is 1. The monoisotopic (exact) mass is 482 g/mol. The lowest BCUT2D eigenvalue weighted by atomic mass is 9.88. The van der Waals surface area contributed by atoms with E-state index in [2.05, 4.69) is 22.2 Å². The van der Waals surface area contributed by atoms with Crippen LogP contribution in [0.25, 0.3) is 10.9 Å². The van der Waals surface area contributed by atoms with Crippen LogP contribution in [0.1, 0.15) is 53.8 Å². The number of aromatic nitrogens is 2. The molecule has 2 heterocycles. The predicted molar refractivity (Wildman–Crippen MR) is 133 cm³/mol. The van der Waals surface area contributed by atoms with Gasteiger partial charge in [-0.3, -0.25) is 14.5 Å². The lowest BCUT2D eigenvalue weighted by Gasteiger charge is -2.23. The van der Waals surface area contributed by atoms with Crippen LogP contribution in [0, 0.1) is 5.92 Å². The van der Waals surface area contributed by atoms with E-state index in [1.165, 1.54) is 11.3 Å². The van der Waals surface area contributed by atoms with Crippen molar-refractivity contribution in [2.45, 2.75) is 52.6 Å².